The minimum atomic E-state index is -0.779. The highest BCUT2D eigenvalue weighted by atomic mass is 16.5. The summed E-state index contributed by atoms with van der Waals surface area (Å²) in [6, 6.07) is 7.52. The van der Waals surface area contributed by atoms with Crippen molar-refractivity contribution in [3.05, 3.63) is 29.8 Å². The average molecular weight is 292 g/mol. The fourth-order valence-corrected chi connectivity index (χ4v) is 2.82. The zero-order chi connectivity index (χ0) is 15.5. The zero-order valence-corrected chi connectivity index (χ0v) is 13.0. The lowest BCUT2D eigenvalue weighted by Gasteiger charge is -2.26. The molecule has 1 N–H and O–H groups in total. The van der Waals surface area contributed by atoms with Gasteiger partial charge in [-0.25, -0.2) is 0 Å². The van der Waals surface area contributed by atoms with E-state index >= 15 is 0 Å². The maximum atomic E-state index is 12.3. The second-order valence-corrected chi connectivity index (χ2v) is 6.05. The van der Waals surface area contributed by atoms with Crippen LogP contribution in [0.3, 0.4) is 0 Å². The number of likely N-dealkylation sites (tertiary alicyclic amines) is 1. The Morgan fingerprint density at radius 3 is 2.62 bits per heavy atom. The average Bonchev–Trinajstić information content (AvgIpc) is 2.81. The fourth-order valence-electron chi connectivity index (χ4n) is 2.82. The number of rotatable bonds is 5. The highest BCUT2D eigenvalue weighted by Gasteiger charge is 2.38. The summed E-state index contributed by atoms with van der Waals surface area (Å²) in [5, 5.41) is 10.5. The predicted molar refractivity (Wildman–Crippen MR) is 81.4 cm³/mol. The molecule has 0 saturated carbocycles. The van der Waals surface area contributed by atoms with Crippen molar-refractivity contribution in [3.63, 3.8) is 0 Å². The SMILES string of the molecule is COc1ccc(CC(=O)N2CCC(O)(CN(C)C)C2)cc1. The number of ether oxygens (including phenoxy) is 1. The van der Waals surface area contributed by atoms with Gasteiger partial charge in [-0.3, -0.25) is 4.79 Å². The van der Waals surface area contributed by atoms with Crippen LogP contribution in [-0.2, 0) is 11.2 Å². The molecule has 0 aliphatic carbocycles. The summed E-state index contributed by atoms with van der Waals surface area (Å²) in [4.78, 5) is 16.0. The van der Waals surface area contributed by atoms with Crippen LogP contribution in [0.2, 0.25) is 0 Å². The van der Waals surface area contributed by atoms with Crippen LogP contribution in [0.4, 0.5) is 0 Å². The largest absolute Gasteiger partial charge is 0.497 e. The van der Waals surface area contributed by atoms with Gasteiger partial charge < -0.3 is 19.6 Å². The van der Waals surface area contributed by atoms with E-state index in [4.69, 9.17) is 4.74 Å². The minimum Gasteiger partial charge on any atom is -0.497 e. The molecular formula is C16H24N2O3. The van der Waals surface area contributed by atoms with Gasteiger partial charge in [0.25, 0.3) is 0 Å². The van der Waals surface area contributed by atoms with E-state index in [0.29, 0.717) is 32.5 Å². The van der Waals surface area contributed by atoms with Crippen LogP contribution < -0.4 is 4.74 Å². The second-order valence-electron chi connectivity index (χ2n) is 6.05. The van der Waals surface area contributed by atoms with E-state index in [1.807, 2.05) is 43.3 Å². The second kappa shape index (κ2) is 6.45. The Balaban J connectivity index is 1.92. The lowest BCUT2D eigenvalue weighted by atomic mass is 10.0. The maximum Gasteiger partial charge on any atom is 0.227 e. The minimum absolute atomic E-state index is 0.0647. The van der Waals surface area contributed by atoms with Crippen LogP contribution in [0.5, 0.6) is 5.75 Å². The predicted octanol–water partition coefficient (Wildman–Crippen LogP) is 0.763. The van der Waals surface area contributed by atoms with Crippen molar-refractivity contribution >= 4 is 5.91 Å². The Bertz CT molecular complexity index is 487. The molecule has 1 aromatic carbocycles. The standard InChI is InChI=1S/C16H24N2O3/c1-17(2)11-16(20)8-9-18(12-16)15(19)10-13-4-6-14(21-3)7-5-13/h4-7,20H,8-12H2,1-3H3. The Morgan fingerprint density at radius 2 is 2.05 bits per heavy atom. The number of β-amino-alcohol motifs (C(OH)–C–C–N with tert-alkyl or cyclic N) is 1. The first-order valence-corrected chi connectivity index (χ1v) is 7.20. The van der Waals surface area contributed by atoms with Gasteiger partial charge in [0.15, 0.2) is 0 Å². The smallest absolute Gasteiger partial charge is 0.227 e. The topological polar surface area (TPSA) is 53.0 Å². The quantitative estimate of drug-likeness (QED) is 0.871. The Kier molecular flexibility index (Phi) is 4.85. The lowest BCUT2D eigenvalue weighted by Crippen LogP contribution is -2.43. The van der Waals surface area contributed by atoms with E-state index in [2.05, 4.69) is 0 Å². The third-order valence-electron chi connectivity index (χ3n) is 3.81. The maximum absolute atomic E-state index is 12.3. The number of aliphatic hydroxyl groups is 1. The Hall–Kier alpha value is -1.59. The highest BCUT2D eigenvalue weighted by Crippen LogP contribution is 2.23. The van der Waals surface area contributed by atoms with E-state index in [1.165, 1.54) is 0 Å². The molecule has 1 aromatic rings. The summed E-state index contributed by atoms with van der Waals surface area (Å²) >= 11 is 0. The molecule has 0 radical (unpaired) electrons. The molecular weight excluding hydrogens is 268 g/mol. The normalized spacial score (nSPS) is 21.9. The van der Waals surface area contributed by atoms with Crippen LogP contribution in [0.25, 0.3) is 0 Å². The molecule has 2 rings (SSSR count). The first-order chi connectivity index (χ1) is 9.92. The van der Waals surface area contributed by atoms with Gasteiger partial charge in [-0.1, -0.05) is 12.1 Å². The van der Waals surface area contributed by atoms with Crippen molar-refractivity contribution < 1.29 is 14.6 Å². The fraction of sp³-hybridized carbons (Fsp3) is 0.562. The summed E-state index contributed by atoms with van der Waals surface area (Å²) in [7, 11) is 5.48. The number of likely N-dealkylation sites (N-methyl/N-ethyl adjacent to an activating group) is 1. The zero-order valence-electron chi connectivity index (χ0n) is 13.0. The lowest BCUT2D eigenvalue weighted by molar-refractivity contribution is -0.130. The number of hydrogen-bond donors (Lipinski definition) is 1. The van der Waals surface area contributed by atoms with Gasteiger partial charge in [-0.15, -0.1) is 0 Å². The van der Waals surface area contributed by atoms with E-state index in [9.17, 15) is 9.90 Å². The van der Waals surface area contributed by atoms with Crippen LogP contribution >= 0.6 is 0 Å². The summed E-state index contributed by atoms with van der Waals surface area (Å²) in [5.41, 5.74) is 0.183. The van der Waals surface area contributed by atoms with Crippen molar-refractivity contribution in [1.82, 2.24) is 9.80 Å². The molecule has 116 valence electrons. The van der Waals surface area contributed by atoms with Crippen molar-refractivity contribution in [1.29, 1.82) is 0 Å². The van der Waals surface area contributed by atoms with Gasteiger partial charge in [-0.05, 0) is 38.2 Å². The molecule has 5 heteroatoms. The number of carbonyl (C=O) groups excluding carboxylic acids is 1. The van der Waals surface area contributed by atoms with Gasteiger partial charge in [0, 0.05) is 13.1 Å². The van der Waals surface area contributed by atoms with E-state index in [1.54, 1.807) is 12.0 Å². The van der Waals surface area contributed by atoms with Gasteiger partial charge in [0.2, 0.25) is 5.91 Å². The van der Waals surface area contributed by atoms with Crippen molar-refractivity contribution in [2.45, 2.75) is 18.4 Å². The number of hydrogen-bond acceptors (Lipinski definition) is 4. The number of carbonyl (C=O) groups is 1. The molecule has 0 aromatic heterocycles. The molecule has 1 atom stereocenters. The molecule has 0 spiro atoms. The van der Waals surface area contributed by atoms with E-state index in [0.717, 1.165) is 11.3 Å². The van der Waals surface area contributed by atoms with Gasteiger partial charge in [-0.2, -0.15) is 0 Å². The highest BCUT2D eigenvalue weighted by molar-refractivity contribution is 5.79. The summed E-state index contributed by atoms with van der Waals surface area (Å²) < 4.78 is 5.11. The molecule has 1 unspecified atom stereocenters. The molecule has 0 bridgehead atoms. The van der Waals surface area contributed by atoms with Crippen LogP contribution in [0.1, 0.15) is 12.0 Å². The molecule has 1 fully saturated rings. The number of nitrogens with zero attached hydrogens (tertiary/aromatic N) is 2. The summed E-state index contributed by atoms with van der Waals surface area (Å²) in [5.74, 6) is 0.850. The van der Waals surface area contributed by atoms with Crippen molar-refractivity contribution in [3.8, 4) is 5.75 Å². The number of amides is 1. The number of benzene rings is 1. The monoisotopic (exact) mass is 292 g/mol. The first kappa shape index (κ1) is 15.8. The third kappa shape index (κ3) is 4.19. The Morgan fingerprint density at radius 1 is 1.38 bits per heavy atom. The van der Waals surface area contributed by atoms with Crippen molar-refractivity contribution in [2.24, 2.45) is 0 Å². The Labute approximate surface area is 126 Å². The molecule has 1 amide bonds. The van der Waals surface area contributed by atoms with Gasteiger partial charge >= 0.3 is 0 Å². The van der Waals surface area contributed by atoms with Crippen LogP contribution in [0.15, 0.2) is 24.3 Å². The molecule has 5 nitrogen and oxygen atoms in total. The number of methoxy groups -OCH3 is 1. The van der Waals surface area contributed by atoms with Crippen LogP contribution in [-0.4, -0.2) is 67.3 Å². The summed E-state index contributed by atoms with van der Waals surface area (Å²) in [6.45, 7) is 1.62. The van der Waals surface area contributed by atoms with E-state index < -0.39 is 5.60 Å². The van der Waals surface area contributed by atoms with Crippen molar-refractivity contribution in [2.75, 3.05) is 40.8 Å². The third-order valence-corrected chi connectivity index (χ3v) is 3.81. The molecule has 1 aliphatic rings. The van der Waals surface area contributed by atoms with Gasteiger partial charge in [0.05, 0.1) is 25.7 Å². The van der Waals surface area contributed by atoms with Crippen LogP contribution in [0, 0.1) is 0 Å². The molecule has 21 heavy (non-hydrogen) atoms. The summed E-state index contributed by atoms with van der Waals surface area (Å²) in [6.07, 6.45) is 1.00. The molecule has 1 saturated heterocycles. The van der Waals surface area contributed by atoms with Gasteiger partial charge in [0.1, 0.15) is 5.75 Å². The molecule has 1 heterocycles. The first-order valence-electron chi connectivity index (χ1n) is 7.20. The molecule has 1 aliphatic heterocycles. The van der Waals surface area contributed by atoms with E-state index in [-0.39, 0.29) is 5.91 Å².